The topological polar surface area (TPSA) is 50.4 Å². The number of hydrogen-bond acceptors (Lipinski definition) is 3. The molecule has 2 N–H and O–H groups in total. The summed E-state index contributed by atoms with van der Waals surface area (Å²) in [5.41, 5.74) is 1.12. The standard InChI is InChI=1S/C17H26N2O2.ClH/c1-17(2,3)14-8-4-5-9-15(14)21-12-16(20)19-13-7-6-10-18-11-13;/h4-5,8-9,13,18H,6-7,10-12H2,1-3H3,(H,19,20);1H/t13-;/m0./s1. The smallest absolute Gasteiger partial charge is 0.258 e. The van der Waals surface area contributed by atoms with Crippen molar-refractivity contribution in [1.29, 1.82) is 0 Å². The number of para-hydroxylation sites is 1. The highest BCUT2D eigenvalue weighted by molar-refractivity contribution is 5.85. The molecule has 1 heterocycles. The number of rotatable bonds is 4. The molecule has 1 fully saturated rings. The molecule has 5 heteroatoms. The van der Waals surface area contributed by atoms with Crippen molar-refractivity contribution in [2.75, 3.05) is 19.7 Å². The monoisotopic (exact) mass is 326 g/mol. The number of carbonyl (C=O) groups is 1. The lowest BCUT2D eigenvalue weighted by atomic mass is 9.86. The van der Waals surface area contributed by atoms with E-state index in [4.69, 9.17) is 4.74 Å². The van der Waals surface area contributed by atoms with Gasteiger partial charge in [0.25, 0.3) is 5.91 Å². The van der Waals surface area contributed by atoms with Crippen LogP contribution in [0.1, 0.15) is 39.2 Å². The molecule has 1 aromatic carbocycles. The van der Waals surface area contributed by atoms with E-state index in [2.05, 4.69) is 37.5 Å². The molecule has 1 amide bonds. The number of benzene rings is 1. The first-order valence-electron chi connectivity index (χ1n) is 7.69. The fraction of sp³-hybridized carbons (Fsp3) is 0.588. The van der Waals surface area contributed by atoms with Gasteiger partial charge in [0.1, 0.15) is 5.75 Å². The fourth-order valence-corrected chi connectivity index (χ4v) is 2.60. The van der Waals surface area contributed by atoms with Crippen molar-refractivity contribution in [2.45, 2.75) is 45.1 Å². The zero-order chi connectivity index (χ0) is 15.3. The quantitative estimate of drug-likeness (QED) is 0.894. The van der Waals surface area contributed by atoms with Gasteiger partial charge in [0.05, 0.1) is 0 Å². The number of piperidine rings is 1. The molecule has 22 heavy (non-hydrogen) atoms. The second-order valence-electron chi connectivity index (χ2n) is 6.65. The van der Waals surface area contributed by atoms with Crippen LogP contribution in [-0.4, -0.2) is 31.6 Å². The minimum absolute atomic E-state index is 0. The molecule has 1 aliphatic heterocycles. The molecule has 124 valence electrons. The Morgan fingerprint density at radius 2 is 2.09 bits per heavy atom. The van der Waals surface area contributed by atoms with E-state index in [1.807, 2.05) is 18.2 Å². The average Bonchev–Trinajstić information content (AvgIpc) is 2.45. The second-order valence-corrected chi connectivity index (χ2v) is 6.65. The van der Waals surface area contributed by atoms with Gasteiger partial charge in [-0.1, -0.05) is 39.0 Å². The third-order valence-corrected chi connectivity index (χ3v) is 3.72. The lowest BCUT2D eigenvalue weighted by molar-refractivity contribution is -0.123. The molecule has 0 aliphatic carbocycles. The summed E-state index contributed by atoms with van der Waals surface area (Å²) in [5, 5.41) is 6.31. The lowest BCUT2D eigenvalue weighted by Gasteiger charge is -2.25. The van der Waals surface area contributed by atoms with Crippen LogP contribution in [-0.2, 0) is 10.2 Å². The summed E-state index contributed by atoms with van der Waals surface area (Å²) >= 11 is 0. The van der Waals surface area contributed by atoms with Gasteiger partial charge in [-0.05, 0) is 36.4 Å². The van der Waals surface area contributed by atoms with Gasteiger partial charge in [0.15, 0.2) is 6.61 Å². The first-order valence-corrected chi connectivity index (χ1v) is 7.69. The van der Waals surface area contributed by atoms with E-state index in [-0.39, 0.29) is 36.4 Å². The zero-order valence-electron chi connectivity index (χ0n) is 13.6. The molecule has 2 rings (SSSR count). The van der Waals surface area contributed by atoms with Crippen molar-refractivity contribution in [2.24, 2.45) is 0 Å². The van der Waals surface area contributed by atoms with Crippen LogP contribution in [0.3, 0.4) is 0 Å². The van der Waals surface area contributed by atoms with E-state index >= 15 is 0 Å². The molecule has 0 radical (unpaired) electrons. The molecule has 0 spiro atoms. The minimum Gasteiger partial charge on any atom is -0.483 e. The number of hydrogen-bond donors (Lipinski definition) is 2. The van der Waals surface area contributed by atoms with E-state index in [0.717, 1.165) is 37.2 Å². The largest absolute Gasteiger partial charge is 0.483 e. The maximum atomic E-state index is 12.0. The van der Waals surface area contributed by atoms with Crippen LogP contribution in [0.15, 0.2) is 24.3 Å². The van der Waals surface area contributed by atoms with Gasteiger partial charge >= 0.3 is 0 Å². The Morgan fingerprint density at radius 1 is 1.36 bits per heavy atom. The van der Waals surface area contributed by atoms with Crippen LogP contribution >= 0.6 is 12.4 Å². The normalized spacial score (nSPS) is 18.2. The van der Waals surface area contributed by atoms with Crippen molar-refractivity contribution in [3.8, 4) is 5.75 Å². The molecular weight excluding hydrogens is 300 g/mol. The van der Waals surface area contributed by atoms with Crippen LogP contribution in [0, 0.1) is 0 Å². The van der Waals surface area contributed by atoms with E-state index in [1.165, 1.54) is 0 Å². The van der Waals surface area contributed by atoms with Crippen LogP contribution in [0.25, 0.3) is 0 Å². The first kappa shape index (κ1) is 18.8. The SMILES string of the molecule is CC(C)(C)c1ccccc1OCC(=O)N[C@H]1CCCNC1.Cl. The van der Waals surface area contributed by atoms with Crippen LogP contribution in [0.5, 0.6) is 5.75 Å². The Balaban J connectivity index is 0.00000242. The van der Waals surface area contributed by atoms with Gasteiger partial charge in [0.2, 0.25) is 0 Å². The second kappa shape index (κ2) is 8.39. The van der Waals surface area contributed by atoms with Crippen LogP contribution in [0.4, 0.5) is 0 Å². The van der Waals surface area contributed by atoms with Crippen LogP contribution < -0.4 is 15.4 Å². The molecule has 1 aromatic rings. The summed E-state index contributed by atoms with van der Waals surface area (Å²) < 4.78 is 5.73. The Labute approximate surface area is 139 Å². The number of amides is 1. The van der Waals surface area contributed by atoms with Crippen molar-refractivity contribution < 1.29 is 9.53 Å². The summed E-state index contributed by atoms with van der Waals surface area (Å²) in [4.78, 5) is 12.0. The van der Waals surface area contributed by atoms with E-state index in [9.17, 15) is 4.79 Å². The Hall–Kier alpha value is -1.26. The van der Waals surface area contributed by atoms with E-state index in [0.29, 0.717) is 0 Å². The predicted molar refractivity (Wildman–Crippen MR) is 91.9 cm³/mol. The Kier molecular flexibility index (Phi) is 7.17. The van der Waals surface area contributed by atoms with Gasteiger partial charge in [0, 0.05) is 12.6 Å². The summed E-state index contributed by atoms with van der Waals surface area (Å²) in [6.45, 7) is 8.39. The summed E-state index contributed by atoms with van der Waals surface area (Å²) in [6, 6.07) is 8.15. The molecule has 0 unspecified atom stereocenters. The van der Waals surface area contributed by atoms with Crippen molar-refractivity contribution in [3.63, 3.8) is 0 Å². The third kappa shape index (κ3) is 5.50. The maximum Gasteiger partial charge on any atom is 0.258 e. The molecule has 0 saturated carbocycles. The summed E-state index contributed by atoms with van der Waals surface area (Å²) in [6.07, 6.45) is 2.15. The molecule has 0 aromatic heterocycles. The highest BCUT2D eigenvalue weighted by Crippen LogP contribution is 2.30. The van der Waals surface area contributed by atoms with Gasteiger partial charge in [-0.3, -0.25) is 4.79 Å². The van der Waals surface area contributed by atoms with Crippen LogP contribution in [0.2, 0.25) is 0 Å². The van der Waals surface area contributed by atoms with Gasteiger partial charge in [-0.2, -0.15) is 0 Å². The maximum absolute atomic E-state index is 12.0. The molecule has 1 saturated heterocycles. The first-order chi connectivity index (χ1) is 9.97. The zero-order valence-corrected chi connectivity index (χ0v) is 14.5. The van der Waals surface area contributed by atoms with Gasteiger partial charge in [-0.25, -0.2) is 0 Å². The lowest BCUT2D eigenvalue weighted by Crippen LogP contribution is -2.47. The Bertz CT molecular complexity index is 480. The van der Waals surface area contributed by atoms with Crippen molar-refractivity contribution >= 4 is 18.3 Å². The number of halogens is 1. The average molecular weight is 327 g/mol. The number of ether oxygens (including phenoxy) is 1. The highest BCUT2D eigenvalue weighted by atomic mass is 35.5. The minimum atomic E-state index is -0.0487. The molecule has 4 nitrogen and oxygen atoms in total. The van der Waals surface area contributed by atoms with E-state index in [1.54, 1.807) is 0 Å². The number of carbonyl (C=O) groups excluding carboxylic acids is 1. The molecule has 1 atom stereocenters. The highest BCUT2D eigenvalue weighted by Gasteiger charge is 2.20. The van der Waals surface area contributed by atoms with Gasteiger partial charge < -0.3 is 15.4 Å². The van der Waals surface area contributed by atoms with Crippen molar-refractivity contribution in [1.82, 2.24) is 10.6 Å². The fourth-order valence-electron chi connectivity index (χ4n) is 2.60. The van der Waals surface area contributed by atoms with Gasteiger partial charge in [-0.15, -0.1) is 12.4 Å². The summed E-state index contributed by atoms with van der Waals surface area (Å²) in [5.74, 6) is 0.745. The summed E-state index contributed by atoms with van der Waals surface area (Å²) in [7, 11) is 0. The predicted octanol–water partition coefficient (Wildman–Crippen LogP) is 2.65. The van der Waals surface area contributed by atoms with E-state index < -0.39 is 0 Å². The Morgan fingerprint density at radius 3 is 2.73 bits per heavy atom. The van der Waals surface area contributed by atoms with Crippen molar-refractivity contribution in [3.05, 3.63) is 29.8 Å². The molecule has 1 aliphatic rings. The molecular formula is C17H27ClN2O2. The molecule has 0 bridgehead atoms. The number of nitrogens with one attached hydrogen (secondary N) is 2. The third-order valence-electron chi connectivity index (χ3n) is 3.72.